The molecule has 4 nitrogen and oxygen atoms in total. The Morgan fingerprint density at radius 1 is 1.08 bits per heavy atom. The first kappa shape index (κ1) is 14.3. The van der Waals surface area contributed by atoms with Crippen LogP contribution < -0.4 is 0 Å². The number of benzene rings is 1. The topological polar surface area (TPSA) is 43.9 Å². The van der Waals surface area contributed by atoms with E-state index in [0.29, 0.717) is 17.1 Å². The van der Waals surface area contributed by atoms with Crippen molar-refractivity contribution in [1.29, 1.82) is 0 Å². The first-order valence-corrected chi connectivity index (χ1v) is 9.43. The fourth-order valence-corrected chi connectivity index (χ4v) is 4.50. The highest BCUT2D eigenvalue weighted by Gasteiger charge is 2.41. The second kappa shape index (κ2) is 5.81. The SMILES string of the molecule is c1ccc([C@@H]2C[C@H]2Sc2nnc(C3CC3)n2Cc2ccco2)cc1. The minimum Gasteiger partial charge on any atom is -0.467 e. The van der Waals surface area contributed by atoms with Crippen LogP contribution in [0.4, 0.5) is 0 Å². The minimum atomic E-state index is 0.589. The molecule has 0 spiro atoms. The molecule has 1 aromatic carbocycles. The number of thioether (sulfide) groups is 1. The molecule has 0 radical (unpaired) electrons. The van der Waals surface area contributed by atoms with Gasteiger partial charge in [0.2, 0.25) is 0 Å². The van der Waals surface area contributed by atoms with Gasteiger partial charge in [-0.1, -0.05) is 42.1 Å². The summed E-state index contributed by atoms with van der Waals surface area (Å²) in [4.78, 5) is 0. The van der Waals surface area contributed by atoms with Gasteiger partial charge in [-0.15, -0.1) is 10.2 Å². The molecular weight excluding hydrogens is 318 g/mol. The van der Waals surface area contributed by atoms with Crippen LogP contribution in [0.3, 0.4) is 0 Å². The smallest absolute Gasteiger partial charge is 0.191 e. The van der Waals surface area contributed by atoms with Crippen molar-refractivity contribution in [1.82, 2.24) is 14.8 Å². The maximum atomic E-state index is 5.54. The molecule has 0 amide bonds. The van der Waals surface area contributed by atoms with Gasteiger partial charge >= 0.3 is 0 Å². The molecule has 2 fully saturated rings. The molecule has 2 aromatic heterocycles. The quantitative estimate of drug-likeness (QED) is 0.667. The van der Waals surface area contributed by atoms with Gasteiger partial charge in [-0.2, -0.15) is 0 Å². The highest BCUT2D eigenvalue weighted by Crippen LogP contribution is 2.52. The van der Waals surface area contributed by atoms with Crippen LogP contribution in [0.5, 0.6) is 0 Å². The van der Waals surface area contributed by atoms with Crippen molar-refractivity contribution in [3.63, 3.8) is 0 Å². The summed E-state index contributed by atoms with van der Waals surface area (Å²) in [5.74, 6) is 3.33. The zero-order valence-corrected chi connectivity index (χ0v) is 14.2. The monoisotopic (exact) mass is 337 g/mol. The van der Waals surface area contributed by atoms with Crippen molar-refractivity contribution >= 4 is 11.8 Å². The van der Waals surface area contributed by atoms with E-state index < -0.39 is 0 Å². The average molecular weight is 337 g/mol. The van der Waals surface area contributed by atoms with Crippen molar-refractivity contribution < 1.29 is 4.42 Å². The fourth-order valence-electron chi connectivity index (χ4n) is 3.23. The van der Waals surface area contributed by atoms with E-state index in [4.69, 9.17) is 4.42 Å². The largest absolute Gasteiger partial charge is 0.467 e. The Morgan fingerprint density at radius 3 is 2.71 bits per heavy atom. The molecule has 5 heteroatoms. The first-order valence-electron chi connectivity index (χ1n) is 8.55. The third-order valence-electron chi connectivity index (χ3n) is 4.80. The van der Waals surface area contributed by atoms with Gasteiger partial charge in [-0.05, 0) is 42.9 Å². The average Bonchev–Trinajstić information content (AvgIpc) is 3.51. The minimum absolute atomic E-state index is 0.589. The summed E-state index contributed by atoms with van der Waals surface area (Å²) in [6.45, 7) is 0.733. The molecule has 0 N–H and O–H groups in total. The van der Waals surface area contributed by atoms with Crippen molar-refractivity contribution in [2.75, 3.05) is 0 Å². The number of furan rings is 1. The standard InChI is InChI=1S/C19H19N3OS/c1-2-5-13(6-3-1)16-11-17(16)24-19-21-20-18(14-8-9-14)22(19)12-15-7-4-10-23-15/h1-7,10,14,16-17H,8-9,11-12H2/t16-,17+/m0/s1. The van der Waals surface area contributed by atoms with Gasteiger partial charge in [0.25, 0.3) is 0 Å². The fraction of sp³-hybridized carbons (Fsp3) is 0.368. The first-order chi connectivity index (χ1) is 11.9. The molecule has 2 aliphatic carbocycles. The normalized spacial score (nSPS) is 22.7. The van der Waals surface area contributed by atoms with E-state index in [0.717, 1.165) is 23.3 Å². The van der Waals surface area contributed by atoms with E-state index in [1.165, 1.54) is 24.8 Å². The zero-order chi connectivity index (χ0) is 15.9. The predicted molar refractivity (Wildman–Crippen MR) is 93.3 cm³/mol. The lowest BCUT2D eigenvalue weighted by atomic mass is 10.1. The lowest BCUT2D eigenvalue weighted by Gasteiger charge is -2.08. The van der Waals surface area contributed by atoms with Crippen LogP contribution in [-0.4, -0.2) is 20.0 Å². The highest BCUT2D eigenvalue weighted by molar-refractivity contribution is 8.00. The Labute approximate surface area is 145 Å². The van der Waals surface area contributed by atoms with E-state index in [-0.39, 0.29) is 0 Å². The van der Waals surface area contributed by atoms with E-state index in [9.17, 15) is 0 Å². The molecule has 2 saturated carbocycles. The number of hydrogen-bond acceptors (Lipinski definition) is 4. The van der Waals surface area contributed by atoms with E-state index in [1.807, 2.05) is 23.9 Å². The number of hydrogen-bond donors (Lipinski definition) is 0. The van der Waals surface area contributed by atoms with Crippen molar-refractivity contribution in [3.8, 4) is 0 Å². The maximum Gasteiger partial charge on any atom is 0.191 e. The number of nitrogens with zero attached hydrogens (tertiary/aromatic N) is 3. The van der Waals surface area contributed by atoms with Crippen molar-refractivity contribution in [3.05, 3.63) is 65.9 Å². The lowest BCUT2D eigenvalue weighted by Crippen LogP contribution is -2.05. The molecule has 122 valence electrons. The van der Waals surface area contributed by atoms with E-state index in [1.54, 1.807) is 6.26 Å². The molecular formula is C19H19N3OS. The second-order valence-corrected chi connectivity index (χ2v) is 7.90. The van der Waals surface area contributed by atoms with Gasteiger partial charge in [-0.25, -0.2) is 0 Å². The third kappa shape index (κ3) is 2.77. The maximum absolute atomic E-state index is 5.54. The van der Waals surface area contributed by atoms with E-state index >= 15 is 0 Å². The molecule has 0 aliphatic heterocycles. The zero-order valence-electron chi connectivity index (χ0n) is 13.3. The van der Waals surface area contributed by atoms with Crippen molar-refractivity contribution in [2.45, 2.75) is 48.0 Å². The van der Waals surface area contributed by atoms with Gasteiger partial charge in [0.1, 0.15) is 11.6 Å². The van der Waals surface area contributed by atoms with Crippen LogP contribution in [0.25, 0.3) is 0 Å². The Bertz CT molecular complexity index is 824. The predicted octanol–water partition coefficient (Wildman–Crippen LogP) is 4.45. The van der Waals surface area contributed by atoms with Crippen LogP contribution in [0.1, 0.15) is 48.2 Å². The van der Waals surface area contributed by atoms with Crippen LogP contribution in [0.2, 0.25) is 0 Å². The molecule has 24 heavy (non-hydrogen) atoms. The number of rotatable bonds is 6. The summed E-state index contributed by atoms with van der Waals surface area (Å²) in [5.41, 5.74) is 1.44. The third-order valence-corrected chi connectivity index (χ3v) is 6.13. The Morgan fingerprint density at radius 2 is 1.96 bits per heavy atom. The van der Waals surface area contributed by atoms with Crippen LogP contribution >= 0.6 is 11.8 Å². The molecule has 5 rings (SSSR count). The van der Waals surface area contributed by atoms with Gasteiger partial charge in [0.05, 0.1) is 12.8 Å². The summed E-state index contributed by atoms with van der Waals surface area (Å²) < 4.78 is 7.81. The van der Waals surface area contributed by atoms with Crippen molar-refractivity contribution in [2.24, 2.45) is 0 Å². The summed E-state index contributed by atoms with van der Waals surface area (Å²) >= 11 is 1.87. The molecule has 0 unspecified atom stereocenters. The molecule has 2 aliphatic rings. The number of aromatic nitrogens is 3. The van der Waals surface area contributed by atoms with Crippen LogP contribution in [0, 0.1) is 0 Å². The van der Waals surface area contributed by atoms with Gasteiger partial charge in [0.15, 0.2) is 5.16 Å². The van der Waals surface area contributed by atoms with E-state index in [2.05, 4.69) is 45.1 Å². The van der Waals surface area contributed by atoms with Crippen LogP contribution in [-0.2, 0) is 6.54 Å². The molecule has 2 atom stereocenters. The molecule has 3 aromatic rings. The Kier molecular flexibility index (Phi) is 3.47. The summed E-state index contributed by atoms with van der Waals surface area (Å²) in [6, 6.07) is 14.8. The molecule has 2 heterocycles. The lowest BCUT2D eigenvalue weighted by molar-refractivity contribution is 0.478. The van der Waals surface area contributed by atoms with Gasteiger partial charge in [-0.3, -0.25) is 4.57 Å². The summed E-state index contributed by atoms with van der Waals surface area (Å²) in [5, 5.41) is 10.6. The Balaban J connectivity index is 1.36. The van der Waals surface area contributed by atoms with Gasteiger partial charge < -0.3 is 4.42 Å². The second-order valence-electron chi connectivity index (χ2n) is 6.69. The molecule has 0 saturated heterocycles. The summed E-state index contributed by atoms with van der Waals surface area (Å²) in [7, 11) is 0. The summed E-state index contributed by atoms with van der Waals surface area (Å²) in [6.07, 6.45) is 5.42. The van der Waals surface area contributed by atoms with Gasteiger partial charge in [0, 0.05) is 11.2 Å². The Hall–Kier alpha value is -2.01. The highest BCUT2D eigenvalue weighted by atomic mass is 32.2. The van der Waals surface area contributed by atoms with Crippen LogP contribution in [0.15, 0.2) is 58.3 Å². The molecule has 0 bridgehead atoms.